The Labute approximate surface area is 104 Å². The summed E-state index contributed by atoms with van der Waals surface area (Å²) in [6.07, 6.45) is 0.736. The number of aryl methyl sites for hydroxylation is 1. The second-order valence-electron chi connectivity index (χ2n) is 4.18. The van der Waals surface area contributed by atoms with E-state index in [4.69, 9.17) is 5.73 Å². The lowest BCUT2D eigenvalue weighted by Crippen LogP contribution is -2.17. The van der Waals surface area contributed by atoms with E-state index in [0.29, 0.717) is 5.56 Å². The quantitative estimate of drug-likeness (QED) is 0.909. The number of hydrogen-bond acceptors (Lipinski definition) is 3. The van der Waals surface area contributed by atoms with Crippen molar-refractivity contribution in [3.8, 4) is 10.4 Å². The largest absolute Gasteiger partial charge is 0.328 e. The maximum atomic E-state index is 13.7. The number of rotatable bonds is 3. The summed E-state index contributed by atoms with van der Waals surface area (Å²) in [5.74, 6) is -0.202. The van der Waals surface area contributed by atoms with Crippen molar-refractivity contribution in [2.75, 3.05) is 0 Å². The molecule has 1 atom stereocenters. The van der Waals surface area contributed by atoms with Gasteiger partial charge in [0.2, 0.25) is 0 Å². The first-order valence-electron chi connectivity index (χ1n) is 5.54. The third-order valence-corrected chi connectivity index (χ3v) is 3.67. The van der Waals surface area contributed by atoms with Crippen molar-refractivity contribution in [3.05, 3.63) is 40.8 Å². The molecule has 0 aliphatic carbocycles. The van der Waals surface area contributed by atoms with Crippen molar-refractivity contribution >= 4 is 11.3 Å². The van der Waals surface area contributed by atoms with E-state index in [1.54, 1.807) is 12.1 Å². The Balaban J connectivity index is 2.40. The first-order chi connectivity index (χ1) is 8.08. The van der Waals surface area contributed by atoms with E-state index >= 15 is 0 Å². The predicted molar refractivity (Wildman–Crippen MR) is 69.6 cm³/mol. The smallest absolute Gasteiger partial charge is 0.131 e. The molecular weight excluding hydrogens is 235 g/mol. The molecule has 1 heterocycles. The molecule has 1 aromatic heterocycles. The molecule has 90 valence electrons. The first kappa shape index (κ1) is 12.2. The second kappa shape index (κ2) is 4.94. The first-order valence-corrected chi connectivity index (χ1v) is 6.36. The highest BCUT2D eigenvalue weighted by Crippen LogP contribution is 2.32. The summed E-state index contributed by atoms with van der Waals surface area (Å²) in [6, 6.07) is 6.86. The number of aromatic nitrogens is 1. The molecule has 17 heavy (non-hydrogen) atoms. The molecule has 0 radical (unpaired) electrons. The van der Waals surface area contributed by atoms with Crippen LogP contribution in [0.25, 0.3) is 10.4 Å². The summed E-state index contributed by atoms with van der Waals surface area (Å²) in [4.78, 5) is 5.34. The molecule has 1 unspecified atom stereocenters. The number of nitrogens with zero attached hydrogens (tertiary/aromatic N) is 1. The minimum atomic E-state index is -0.202. The molecule has 2 nitrogen and oxygen atoms in total. The number of halogens is 1. The van der Waals surface area contributed by atoms with E-state index < -0.39 is 0 Å². The highest BCUT2D eigenvalue weighted by atomic mass is 32.1. The molecule has 1 aromatic carbocycles. The molecule has 2 N–H and O–H groups in total. The van der Waals surface area contributed by atoms with Crippen LogP contribution in [-0.2, 0) is 6.42 Å². The average molecular weight is 250 g/mol. The van der Waals surface area contributed by atoms with Crippen LogP contribution in [0, 0.1) is 12.7 Å². The predicted octanol–water partition coefficient (Wildman–Crippen LogP) is 3.15. The van der Waals surface area contributed by atoms with E-state index in [-0.39, 0.29) is 11.9 Å². The lowest BCUT2D eigenvalue weighted by atomic mass is 10.1. The normalized spacial score (nSPS) is 12.7. The lowest BCUT2D eigenvalue weighted by molar-refractivity contribution is 0.631. The fraction of sp³-hybridized carbons (Fsp3) is 0.308. The Morgan fingerprint density at radius 3 is 2.76 bits per heavy atom. The summed E-state index contributed by atoms with van der Waals surface area (Å²) >= 11 is 1.52. The average Bonchev–Trinajstić information content (AvgIpc) is 2.59. The third-order valence-electron chi connectivity index (χ3n) is 2.46. The van der Waals surface area contributed by atoms with Crippen LogP contribution in [0.3, 0.4) is 0 Å². The monoisotopic (exact) mass is 250 g/mol. The van der Waals surface area contributed by atoms with Crippen LogP contribution in [0.5, 0.6) is 0 Å². The van der Waals surface area contributed by atoms with Gasteiger partial charge < -0.3 is 5.73 Å². The van der Waals surface area contributed by atoms with Gasteiger partial charge in [-0.15, -0.1) is 11.3 Å². The van der Waals surface area contributed by atoms with Gasteiger partial charge in [0, 0.05) is 18.0 Å². The highest BCUT2D eigenvalue weighted by molar-refractivity contribution is 7.15. The maximum Gasteiger partial charge on any atom is 0.131 e. The molecule has 4 heteroatoms. The van der Waals surface area contributed by atoms with Crippen LogP contribution in [0.4, 0.5) is 4.39 Å². The Kier molecular flexibility index (Phi) is 3.54. The third kappa shape index (κ3) is 2.70. The minimum absolute atomic E-state index is 0.0778. The van der Waals surface area contributed by atoms with Gasteiger partial charge in [-0.05, 0) is 19.9 Å². The summed E-state index contributed by atoms with van der Waals surface area (Å²) in [7, 11) is 0. The highest BCUT2D eigenvalue weighted by Gasteiger charge is 2.13. The van der Waals surface area contributed by atoms with Crippen LogP contribution >= 0.6 is 11.3 Å². The van der Waals surface area contributed by atoms with Gasteiger partial charge in [-0.25, -0.2) is 9.37 Å². The molecule has 2 rings (SSSR count). The summed E-state index contributed by atoms with van der Waals surface area (Å²) in [5.41, 5.74) is 7.24. The van der Waals surface area contributed by atoms with E-state index in [1.807, 2.05) is 19.9 Å². The Hall–Kier alpha value is -1.26. The van der Waals surface area contributed by atoms with Crippen LogP contribution in [0.1, 0.15) is 17.6 Å². The molecule has 0 aliphatic rings. The standard InChI is InChI=1S/C13H15FN2S/c1-8(15)7-12-16-9(2)13(17-12)10-5-3-4-6-11(10)14/h3-6,8H,7,15H2,1-2H3. The number of benzene rings is 1. The lowest BCUT2D eigenvalue weighted by Gasteiger charge is -2.00. The van der Waals surface area contributed by atoms with Crippen LogP contribution in [-0.4, -0.2) is 11.0 Å². The van der Waals surface area contributed by atoms with Crippen LogP contribution < -0.4 is 5.73 Å². The summed E-state index contributed by atoms with van der Waals surface area (Å²) < 4.78 is 13.7. The zero-order valence-corrected chi connectivity index (χ0v) is 10.7. The van der Waals surface area contributed by atoms with Crippen molar-refractivity contribution in [1.82, 2.24) is 4.98 Å². The van der Waals surface area contributed by atoms with Gasteiger partial charge in [0.15, 0.2) is 0 Å². The van der Waals surface area contributed by atoms with E-state index in [9.17, 15) is 4.39 Å². The van der Waals surface area contributed by atoms with Gasteiger partial charge in [0.1, 0.15) is 5.82 Å². The molecule has 0 bridgehead atoms. The fourth-order valence-electron chi connectivity index (χ4n) is 1.71. The molecule has 0 saturated heterocycles. The maximum absolute atomic E-state index is 13.7. The van der Waals surface area contributed by atoms with Crippen molar-refractivity contribution in [3.63, 3.8) is 0 Å². The zero-order chi connectivity index (χ0) is 12.4. The van der Waals surface area contributed by atoms with Gasteiger partial charge in [-0.2, -0.15) is 0 Å². The van der Waals surface area contributed by atoms with E-state index in [0.717, 1.165) is 22.0 Å². The van der Waals surface area contributed by atoms with Gasteiger partial charge in [0.05, 0.1) is 15.6 Å². The minimum Gasteiger partial charge on any atom is -0.328 e. The van der Waals surface area contributed by atoms with Gasteiger partial charge in [-0.3, -0.25) is 0 Å². The Bertz CT molecular complexity index is 520. The number of thiazole rings is 1. The van der Waals surface area contributed by atoms with Crippen molar-refractivity contribution in [2.45, 2.75) is 26.3 Å². The summed E-state index contributed by atoms with van der Waals surface area (Å²) in [5, 5.41) is 0.968. The number of hydrogen-bond donors (Lipinski definition) is 1. The molecule has 0 aliphatic heterocycles. The molecule has 0 amide bonds. The van der Waals surface area contributed by atoms with Crippen LogP contribution in [0.15, 0.2) is 24.3 Å². The Morgan fingerprint density at radius 2 is 2.12 bits per heavy atom. The van der Waals surface area contributed by atoms with Crippen molar-refractivity contribution < 1.29 is 4.39 Å². The summed E-state index contributed by atoms with van der Waals surface area (Å²) in [6.45, 7) is 3.85. The molecular formula is C13H15FN2S. The topological polar surface area (TPSA) is 38.9 Å². The molecule has 0 saturated carbocycles. The van der Waals surface area contributed by atoms with Gasteiger partial charge >= 0.3 is 0 Å². The van der Waals surface area contributed by atoms with Crippen molar-refractivity contribution in [1.29, 1.82) is 0 Å². The fourth-order valence-corrected chi connectivity index (χ4v) is 2.94. The SMILES string of the molecule is Cc1nc(CC(C)N)sc1-c1ccccc1F. The van der Waals surface area contributed by atoms with Gasteiger partial charge in [-0.1, -0.05) is 18.2 Å². The molecule has 2 aromatic rings. The number of nitrogens with two attached hydrogens (primary N) is 1. The van der Waals surface area contributed by atoms with E-state index in [2.05, 4.69) is 4.98 Å². The van der Waals surface area contributed by atoms with Crippen molar-refractivity contribution in [2.24, 2.45) is 5.73 Å². The van der Waals surface area contributed by atoms with Crippen LogP contribution in [0.2, 0.25) is 0 Å². The molecule has 0 fully saturated rings. The second-order valence-corrected chi connectivity index (χ2v) is 5.27. The molecule has 0 spiro atoms. The Morgan fingerprint density at radius 1 is 1.41 bits per heavy atom. The van der Waals surface area contributed by atoms with E-state index in [1.165, 1.54) is 17.4 Å². The van der Waals surface area contributed by atoms with Gasteiger partial charge in [0.25, 0.3) is 0 Å². The zero-order valence-electron chi connectivity index (χ0n) is 9.90.